The van der Waals surface area contributed by atoms with Crippen LogP contribution in [0.3, 0.4) is 0 Å². The van der Waals surface area contributed by atoms with Gasteiger partial charge in [0.2, 0.25) is 5.91 Å². The zero-order chi connectivity index (χ0) is 21.2. The zero-order valence-corrected chi connectivity index (χ0v) is 16.7. The van der Waals surface area contributed by atoms with Gasteiger partial charge in [-0.25, -0.2) is 5.43 Å². The molecule has 2 amide bonds. The monoisotopic (exact) mass is 401 g/mol. The summed E-state index contributed by atoms with van der Waals surface area (Å²) in [5.41, 5.74) is 5.21. The predicted molar refractivity (Wildman–Crippen MR) is 117 cm³/mol. The molecule has 0 saturated carbocycles. The first-order valence-corrected chi connectivity index (χ1v) is 9.55. The molecule has 3 rings (SSSR count). The molecule has 0 fully saturated rings. The quantitative estimate of drug-likeness (QED) is 0.434. The molecule has 0 unspecified atom stereocenters. The van der Waals surface area contributed by atoms with Crippen LogP contribution in [-0.4, -0.2) is 17.5 Å². The summed E-state index contributed by atoms with van der Waals surface area (Å²) in [6.07, 6.45) is 0.0708. The number of amides is 2. The van der Waals surface area contributed by atoms with Crippen molar-refractivity contribution in [2.24, 2.45) is 5.10 Å². The average Bonchev–Trinajstić information content (AvgIpc) is 2.78. The van der Waals surface area contributed by atoms with E-state index >= 15 is 0 Å². The van der Waals surface area contributed by atoms with E-state index in [1.54, 1.807) is 55.5 Å². The SMILES string of the molecule is C/C(CC(=O)Nc1ccc(OCc2ccccc2)cc1)=N/NC(=O)c1ccccc1. The second kappa shape index (κ2) is 10.6. The molecule has 6 heteroatoms. The number of nitrogens with zero attached hydrogens (tertiary/aromatic N) is 1. The third-order valence-corrected chi connectivity index (χ3v) is 4.19. The number of rotatable bonds is 8. The fourth-order valence-electron chi connectivity index (χ4n) is 2.65. The van der Waals surface area contributed by atoms with Crippen molar-refractivity contribution in [2.45, 2.75) is 20.0 Å². The van der Waals surface area contributed by atoms with E-state index in [4.69, 9.17) is 4.74 Å². The molecule has 3 aromatic carbocycles. The number of nitrogens with one attached hydrogen (secondary N) is 2. The lowest BCUT2D eigenvalue weighted by atomic mass is 10.2. The van der Waals surface area contributed by atoms with Crippen molar-refractivity contribution in [2.75, 3.05) is 5.32 Å². The van der Waals surface area contributed by atoms with Gasteiger partial charge < -0.3 is 10.1 Å². The molecule has 0 radical (unpaired) electrons. The zero-order valence-electron chi connectivity index (χ0n) is 16.7. The van der Waals surface area contributed by atoms with Crippen LogP contribution < -0.4 is 15.5 Å². The molecule has 0 saturated heterocycles. The number of hydrogen-bond donors (Lipinski definition) is 2. The van der Waals surface area contributed by atoms with Gasteiger partial charge in [-0.2, -0.15) is 5.10 Å². The Balaban J connectivity index is 1.45. The van der Waals surface area contributed by atoms with Gasteiger partial charge in [0.15, 0.2) is 0 Å². The standard InChI is InChI=1S/C24H23N3O3/c1-18(26-27-24(29)20-10-6-3-7-11-20)16-23(28)25-21-12-14-22(15-13-21)30-17-19-8-4-2-5-9-19/h2-15H,16-17H2,1H3,(H,25,28)(H,27,29)/b26-18-. The van der Waals surface area contributed by atoms with Crippen molar-refractivity contribution in [3.05, 3.63) is 96.1 Å². The van der Waals surface area contributed by atoms with E-state index in [9.17, 15) is 9.59 Å². The second-order valence-corrected chi connectivity index (χ2v) is 6.68. The van der Waals surface area contributed by atoms with Gasteiger partial charge in [-0.3, -0.25) is 9.59 Å². The van der Waals surface area contributed by atoms with Crippen molar-refractivity contribution in [1.82, 2.24) is 5.43 Å². The lowest BCUT2D eigenvalue weighted by molar-refractivity contribution is -0.115. The topological polar surface area (TPSA) is 79.8 Å². The number of hydrogen-bond acceptors (Lipinski definition) is 4. The Labute approximate surface area is 175 Å². The number of benzene rings is 3. The van der Waals surface area contributed by atoms with E-state index in [-0.39, 0.29) is 18.2 Å². The van der Waals surface area contributed by atoms with E-state index in [1.807, 2.05) is 36.4 Å². The summed E-state index contributed by atoms with van der Waals surface area (Å²) in [5, 5.41) is 6.79. The fourth-order valence-corrected chi connectivity index (χ4v) is 2.65. The molecule has 152 valence electrons. The van der Waals surface area contributed by atoms with Crippen LogP contribution in [-0.2, 0) is 11.4 Å². The second-order valence-electron chi connectivity index (χ2n) is 6.68. The van der Waals surface area contributed by atoms with Crippen LogP contribution in [0.2, 0.25) is 0 Å². The van der Waals surface area contributed by atoms with Crippen molar-refractivity contribution in [1.29, 1.82) is 0 Å². The largest absolute Gasteiger partial charge is 0.489 e. The van der Waals surface area contributed by atoms with Crippen molar-refractivity contribution in [3.8, 4) is 5.75 Å². The molecular weight excluding hydrogens is 378 g/mol. The van der Waals surface area contributed by atoms with Gasteiger partial charge >= 0.3 is 0 Å². The van der Waals surface area contributed by atoms with Crippen LogP contribution in [0.1, 0.15) is 29.3 Å². The minimum atomic E-state index is -0.318. The van der Waals surface area contributed by atoms with Crippen molar-refractivity contribution < 1.29 is 14.3 Å². The molecule has 0 aromatic heterocycles. The summed E-state index contributed by atoms with van der Waals surface area (Å²) in [7, 11) is 0. The minimum absolute atomic E-state index is 0.0708. The van der Waals surface area contributed by atoms with Gasteiger partial charge in [0.25, 0.3) is 5.91 Å². The van der Waals surface area contributed by atoms with Crippen LogP contribution in [0.5, 0.6) is 5.75 Å². The Morgan fingerprint density at radius 1 is 0.867 bits per heavy atom. The minimum Gasteiger partial charge on any atom is -0.489 e. The number of anilines is 1. The molecule has 0 aliphatic heterocycles. The third-order valence-electron chi connectivity index (χ3n) is 4.19. The first-order chi connectivity index (χ1) is 14.6. The maximum atomic E-state index is 12.2. The number of hydrazone groups is 1. The van der Waals surface area contributed by atoms with Crippen LogP contribution in [0.25, 0.3) is 0 Å². The van der Waals surface area contributed by atoms with Crippen molar-refractivity contribution in [3.63, 3.8) is 0 Å². The molecule has 30 heavy (non-hydrogen) atoms. The highest BCUT2D eigenvalue weighted by Gasteiger charge is 2.07. The summed E-state index contributed by atoms with van der Waals surface area (Å²) in [4.78, 5) is 24.2. The Morgan fingerprint density at radius 2 is 1.50 bits per heavy atom. The highest BCUT2D eigenvalue weighted by Crippen LogP contribution is 2.17. The van der Waals surface area contributed by atoms with E-state index in [1.165, 1.54) is 0 Å². The van der Waals surface area contributed by atoms with Gasteiger partial charge in [0.1, 0.15) is 12.4 Å². The van der Waals surface area contributed by atoms with E-state index in [0.29, 0.717) is 23.6 Å². The summed E-state index contributed by atoms with van der Waals surface area (Å²) >= 11 is 0. The molecule has 2 N–H and O–H groups in total. The van der Waals surface area contributed by atoms with Crippen LogP contribution >= 0.6 is 0 Å². The third kappa shape index (κ3) is 6.60. The lowest BCUT2D eigenvalue weighted by Crippen LogP contribution is -2.21. The van der Waals surface area contributed by atoms with Crippen LogP contribution in [0.15, 0.2) is 90.0 Å². The average molecular weight is 401 g/mol. The maximum absolute atomic E-state index is 12.2. The smallest absolute Gasteiger partial charge is 0.271 e. The normalized spacial score (nSPS) is 10.9. The van der Waals surface area contributed by atoms with Gasteiger partial charge in [0, 0.05) is 17.0 Å². The molecule has 0 aliphatic carbocycles. The van der Waals surface area contributed by atoms with Gasteiger partial charge in [-0.15, -0.1) is 0 Å². The van der Waals surface area contributed by atoms with Crippen molar-refractivity contribution >= 4 is 23.2 Å². The maximum Gasteiger partial charge on any atom is 0.271 e. The molecule has 0 atom stereocenters. The molecule has 6 nitrogen and oxygen atoms in total. The van der Waals surface area contributed by atoms with Crippen LogP contribution in [0, 0.1) is 0 Å². The number of carbonyl (C=O) groups excluding carboxylic acids is 2. The van der Waals surface area contributed by atoms with Gasteiger partial charge in [-0.1, -0.05) is 48.5 Å². The molecular formula is C24H23N3O3. The van der Waals surface area contributed by atoms with E-state index < -0.39 is 0 Å². The van der Waals surface area contributed by atoms with Gasteiger partial charge in [-0.05, 0) is 48.9 Å². The molecule has 0 bridgehead atoms. The molecule has 3 aromatic rings. The van der Waals surface area contributed by atoms with Gasteiger partial charge in [0.05, 0.1) is 6.42 Å². The predicted octanol–water partition coefficient (Wildman–Crippen LogP) is 4.40. The summed E-state index contributed by atoms with van der Waals surface area (Å²) in [6, 6.07) is 25.8. The highest BCUT2D eigenvalue weighted by molar-refractivity contribution is 6.06. The summed E-state index contributed by atoms with van der Waals surface area (Å²) in [5.74, 6) is 0.183. The van der Waals surface area contributed by atoms with Crippen LogP contribution in [0.4, 0.5) is 5.69 Å². The summed E-state index contributed by atoms with van der Waals surface area (Å²) in [6.45, 7) is 2.17. The number of ether oxygens (including phenoxy) is 1. The Hall–Kier alpha value is -3.93. The lowest BCUT2D eigenvalue weighted by Gasteiger charge is -2.09. The van der Waals surface area contributed by atoms with E-state index in [2.05, 4.69) is 15.8 Å². The fraction of sp³-hybridized carbons (Fsp3) is 0.125. The molecule has 0 aliphatic rings. The number of carbonyl (C=O) groups is 2. The highest BCUT2D eigenvalue weighted by atomic mass is 16.5. The first-order valence-electron chi connectivity index (χ1n) is 9.55. The molecule has 0 spiro atoms. The Bertz CT molecular complexity index is 1000. The Kier molecular flexibility index (Phi) is 7.33. The summed E-state index contributed by atoms with van der Waals surface area (Å²) < 4.78 is 5.74. The first kappa shape index (κ1) is 20.8. The Morgan fingerprint density at radius 3 is 2.17 bits per heavy atom. The molecule has 0 heterocycles. The van der Waals surface area contributed by atoms with E-state index in [0.717, 1.165) is 11.3 Å².